The SMILES string of the molecule is C[C@@H]([NH2+][C@H](C)c1ccccc1)C(=O)N1CCN(S(=O)(=O)c2ccccc2)CC1. The molecule has 0 unspecified atom stereocenters. The fraction of sp³-hybridized carbons (Fsp3) is 0.381. The predicted octanol–water partition coefficient (Wildman–Crippen LogP) is 1.23. The van der Waals surface area contributed by atoms with E-state index < -0.39 is 10.0 Å². The Morgan fingerprint density at radius 1 is 0.893 bits per heavy atom. The molecule has 2 atom stereocenters. The van der Waals surface area contributed by atoms with Crippen LogP contribution in [0.15, 0.2) is 65.6 Å². The minimum absolute atomic E-state index is 0.0551. The number of carbonyl (C=O) groups excluding carboxylic acids is 1. The van der Waals surface area contributed by atoms with Crippen LogP contribution < -0.4 is 5.32 Å². The van der Waals surface area contributed by atoms with E-state index in [9.17, 15) is 13.2 Å². The molecule has 0 aromatic heterocycles. The van der Waals surface area contributed by atoms with Gasteiger partial charge in [-0.15, -0.1) is 0 Å². The molecule has 1 aliphatic heterocycles. The molecule has 2 aromatic rings. The smallest absolute Gasteiger partial charge is 0.280 e. The molecule has 1 saturated heterocycles. The zero-order valence-corrected chi connectivity index (χ0v) is 17.2. The van der Waals surface area contributed by atoms with Crippen molar-refractivity contribution >= 4 is 15.9 Å². The molecule has 1 heterocycles. The molecular formula is C21H28N3O3S+. The topological polar surface area (TPSA) is 74.3 Å². The molecule has 2 aromatic carbocycles. The highest BCUT2D eigenvalue weighted by molar-refractivity contribution is 7.89. The van der Waals surface area contributed by atoms with Crippen molar-refractivity contribution in [2.24, 2.45) is 0 Å². The number of benzene rings is 2. The van der Waals surface area contributed by atoms with Gasteiger partial charge in [0.1, 0.15) is 6.04 Å². The van der Waals surface area contributed by atoms with Crippen LogP contribution in [-0.4, -0.2) is 55.8 Å². The zero-order chi connectivity index (χ0) is 20.1. The van der Waals surface area contributed by atoms with E-state index in [1.54, 1.807) is 35.2 Å². The number of hydrogen-bond acceptors (Lipinski definition) is 3. The second kappa shape index (κ2) is 8.86. The summed E-state index contributed by atoms with van der Waals surface area (Å²) in [7, 11) is -3.50. The zero-order valence-electron chi connectivity index (χ0n) is 16.4. The lowest BCUT2D eigenvalue weighted by Crippen LogP contribution is -2.92. The molecule has 0 spiro atoms. The number of rotatable bonds is 6. The normalized spacial score (nSPS) is 17.9. The molecule has 1 amide bonds. The maximum Gasteiger partial charge on any atom is 0.280 e. The van der Waals surface area contributed by atoms with Crippen molar-refractivity contribution in [1.29, 1.82) is 0 Å². The number of carbonyl (C=O) groups is 1. The van der Waals surface area contributed by atoms with Gasteiger partial charge in [0.2, 0.25) is 10.0 Å². The third-order valence-electron chi connectivity index (χ3n) is 5.22. The molecule has 150 valence electrons. The second-order valence-corrected chi connectivity index (χ2v) is 9.16. The van der Waals surface area contributed by atoms with Crippen molar-refractivity contribution < 1.29 is 18.5 Å². The lowest BCUT2D eigenvalue weighted by molar-refractivity contribution is -0.710. The fourth-order valence-corrected chi connectivity index (χ4v) is 5.00. The Bertz CT molecular complexity index is 880. The average Bonchev–Trinajstić information content (AvgIpc) is 2.74. The summed E-state index contributed by atoms with van der Waals surface area (Å²) in [5, 5.41) is 2.06. The second-order valence-electron chi connectivity index (χ2n) is 7.22. The summed E-state index contributed by atoms with van der Waals surface area (Å²) in [5.74, 6) is 0.0551. The summed E-state index contributed by atoms with van der Waals surface area (Å²) in [6.07, 6.45) is 0. The number of sulfonamides is 1. The molecule has 1 aliphatic rings. The largest absolute Gasteiger partial charge is 0.335 e. The van der Waals surface area contributed by atoms with Gasteiger partial charge in [0.25, 0.3) is 5.91 Å². The Morgan fingerprint density at radius 3 is 2.00 bits per heavy atom. The van der Waals surface area contributed by atoms with Crippen LogP contribution in [0.3, 0.4) is 0 Å². The van der Waals surface area contributed by atoms with E-state index in [2.05, 4.69) is 24.4 Å². The van der Waals surface area contributed by atoms with Crippen LogP contribution in [0.25, 0.3) is 0 Å². The summed E-state index contributed by atoms with van der Waals surface area (Å²) >= 11 is 0. The Kier molecular flexibility index (Phi) is 6.49. The monoisotopic (exact) mass is 402 g/mol. The standard InChI is InChI=1S/C21H27N3O3S/c1-17(19-9-5-3-6-10-19)22-18(2)21(25)23-13-15-24(16-14-23)28(26,27)20-11-7-4-8-12-20/h3-12,17-18,22H,13-16H2,1-2H3/p+1/t17-,18-/m1/s1. The molecule has 3 rings (SSSR count). The maximum atomic E-state index is 12.8. The van der Waals surface area contributed by atoms with Gasteiger partial charge in [-0.25, -0.2) is 8.42 Å². The van der Waals surface area contributed by atoms with Gasteiger partial charge in [-0.1, -0.05) is 48.5 Å². The van der Waals surface area contributed by atoms with Crippen LogP contribution in [0, 0.1) is 0 Å². The quantitative estimate of drug-likeness (QED) is 0.790. The van der Waals surface area contributed by atoms with Gasteiger partial charge in [-0.05, 0) is 26.0 Å². The molecule has 0 aliphatic carbocycles. The lowest BCUT2D eigenvalue weighted by Gasteiger charge is -2.35. The van der Waals surface area contributed by atoms with Crippen molar-refractivity contribution in [3.8, 4) is 0 Å². The molecule has 28 heavy (non-hydrogen) atoms. The number of quaternary nitrogens is 1. The number of amides is 1. The van der Waals surface area contributed by atoms with Crippen LogP contribution in [-0.2, 0) is 14.8 Å². The fourth-order valence-electron chi connectivity index (χ4n) is 3.56. The van der Waals surface area contributed by atoms with E-state index in [4.69, 9.17) is 0 Å². The van der Waals surface area contributed by atoms with Crippen molar-refractivity contribution in [3.63, 3.8) is 0 Å². The first-order chi connectivity index (χ1) is 13.4. The van der Waals surface area contributed by atoms with Crippen LogP contribution in [0.2, 0.25) is 0 Å². The van der Waals surface area contributed by atoms with Crippen LogP contribution >= 0.6 is 0 Å². The highest BCUT2D eigenvalue weighted by atomic mass is 32.2. The highest BCUT2D eigenvalue weighted by Gasteiger charge is 2.32. The molecule has 1 fully saturated rings. The summed E-state index contributed by atoms with van der Waals surface area (Å²) < 4.78 is 26.9. The van der Waals surface area contributed by atoms with Gasteiger partial charge in [-0.2, -0.15) is 4.31 Å². The summed E-state index contributed by atoms with van der Waals surface area (Å²) in [6.45, 7) is 5.48. The van der Waals surface area contributed by atoms with Crippen molar-refractivity contribution in [2.75, 3.05) is 26.2 Å². The number of hydrogen-bond donors (Lipinski definition) is 1. The maximum absolute atomic E-state index is 12.8. The Labute approximate surface area is 167 Å². The van der Waals surface area contributed by atoms with Gasteiger partial charge < -0.3 is 10.2 Å². The first kappa shape index (κ1) is 20.5. The van der Waals surface area contributed by atoms with E-state index >= 15 is 0 Å². The van der Waals surface area contributed by atoms with Crippen molar-refractivity contribution in [2.45, 2.75) is 30.8 Å². The minimum Gasteiger partial charge on any atom is -0.335 e. The summed E-state index contributed by atoms with van der Waals surface area (Å²) in [4.78, 5) is 14.9. The number of piperazine rings is 1. The van der Waals surface area contributed by atoms with E-state index in [0.717, 1.165) is 0 Å². The van der Waals surface area contributed by atoms with Gasteiger partial charge in [0.05, 0.1) is 4.90 Å². The molecule has 0 saturated carbocycles. The van der Waals surface area contributed by atoms with Crippen LogP contribution in [0.4, 0.5) is 0 Å². The van der Waals surface area contributed by atoms with Crippen LogP contribution in [0.1, 0.15) is 25.5 Å². The average molecular weight is 403 g/mol. The Hall–Kier alpha value is -2.22. The van der Waals surface area contributed by atoms with E-state index in [1.807, 2.05) is 25.1 Å². The van der Waals surface area contributed by atoms with Crippen LogP contribution in [0.5, 0.6) is 0 Å². The molecule has 2 N–H and O–H groups in total. The predicted molar refractivity (Wildman–Crippen MR) is 108 cm³/mol. The van der Waals surface area contributed by atoms with E-state index in [0.29, 0.717) is 31.1 Å². The minimum atomic E-state index is -3.50. The highest BCUT2D eigenvalue weighted by Crippen LogP contribution is 2.17. The van der Waals surface area contributed by atoms with E-state index in [-0.39, 0.29) is 18.0 Å². The van der Waals surface area contributed by atoms with Crippen molar-refractivity contribution in [1.82, 2.24) is 9.21 Å². The van der Waals surface area contributed by atoms with Gasteiger partial charge in [0, 0.05) is 31.7 Å². The Balaban J connectivity index is 1.56. The molecule has 7 heteroatoms. The number of nitrogens with zero attached hydrogens (tertiary/aromatic N) is 2. The third-order valence-corrected chi connectivity index (χ3v) is 7.14. The molecule has 0 radical (unpaired) electrons. The molecule has 0 bridgehead atoms. The van der Waals surface area contributed by atoms with Gasteiger partial charge in [0.15, 0.2) is 6.04 Å². The third kappa shape index (κ3) is 4.60. The van der Waals surface area contributed by atoms with Gasteiger partial charge >= 0.3 is 0 Å². The van der Waals surface area contributed by atoms with Crippen molar-refractivity contribution in [3.05, 3.63) is 66.2 Å². The Morgan fingerprint density at radius 2 is 1.43 bits per heavy atom. The van der Waals surface area contributed by atoms with E-state index in [1.165, 1.54) is 9.87 Å². The van der Waals surface area contributed by atoms with Gasteiger partial charge in [-0.3, -0.25) is 4.79 Å². The summed E-state index contributed by atoms with van der Waals surface area (Å²) in [5.41, 5.74) is 1.18. The molecule has 6 nitrogen and oxygen atoms in total. The summed E-state index contributed by atoms with van der Waals surface area (Å²) in [6, 6.07) is 18.5. The molecular weight excluding hydrogens is 374 g/mol. The first-order valence-corrected chi connectivity index (χ1v) is 11.1. The number of nitrogens with two attached hydrogens (primary N) is 1. The lowest BCUT2D eigenvalue weighted by atomic mass is 10.1. The first-order valence-electron chi connectivity index (χ1n) is 9.63.